The molecule has 0 bridgehead atoms. The van der Waals surface area contributed by atoms with Gasteiger partial charge in [-0.05, 0) is 36.3 Å². The second-order valence-corrected chi connectivity index (χ2v) is 5.36. The molecule has 96 valence electrons. The highest BCUT2D eigenvalue weighted by atomic mass is 32.2. The number of carbonyl (C=O) groups excluding carboxylic acids is 1. The van der Waals surface area contributed by atoms with E-state index in [4.69, 9.17) is 18.0 Å². The minimum atomic E-state index is 0.158. The van der Waals surface area contributed by atoms with Gasteiger partial charge in [-0.15, -0.1) is 0 Å². The third kappa shape index (κ3) is 6.42. The Kier molecular flexibility index (Phi) is 6.46. The molecule has 0 unspecified atom stereocenters. The summed E-state index contributed by atoms with van der Waals surface area (Å²) in [6, 6.07) is 7.81. The first kappa shape index (κ1) is 14.7. The van der Waals surface area contributed by atoms with Gasteiger partial charge in [0.05, 0.1) is 0 Å². The zero-order chi connectivity index (χ0) is 13.4. The van der Waals surface area contributed by atoms with Crippen LogP contribution in [-0.4, -0.2) is 16.0 Å². The maximum absolute atomic E-state index is 10.7. The Morgan fingerprint density at radius 2 is 2.33 bits per heavy atom. The molecule has 3 N–H and O–H groups in total. The van der Waals surface area contributed by atoms with Crippen molar-refractivity contribution in [1.29, 1.82) is 0 Å². The molecule has 0 fully saturated rings. The van der Waals surface area contributed by atoms with Crippen LogP contribution >= 0.6 is 24.0 Å². The lowest BCUT2D eigenvalue weighted by atomic mass is 10.2. The van der Waals surface area contributed by atoms with E-state index in [0.29, 0.717) is 0 Å². The van der Waals surface area contributed by atoms with Gasteiger partial charge in [0.2, 0.25) is 0 Å². The number of rotatable bonds is 5. The largest absolute Gasteiger partial charge is 0.376 e. The van der Waals surface area contributed by atoms with E-state index in [2.05, 4.69) is 11.4 Å². The Hall–Kier alpha value is -1.33. The average molecular weight is 280 g/mol. The number of benzene rings is 1. The van der Waals surface area contributed by atoms with E-state index in [1.54, 1.807) is 6.92 Å². The summed E-state index contributed by atoms with van der Waals surface area (Å²) in [6.45, 7) is 1.58. The minimum Gasteiger partial charge on any atom is -0.376 e. The molecule has 1 rings (SSSR count). The average Bonchev–Trinajstić information content (AvgIpc) is 2.27. The number of carbonyl (C=O) groups is 1. The van der Waals surface area contributed by atoms with Crippen molar-refractivity contribution in [2.24, 2.45) is 5.73 Å². The van der Waals surface area contributed by atoms with Crippen molar-refractivity contribution in [2.45, 2.75) is 13.3 Å². The monoisotopic (exact) mass is 280 g/mol. The zero-order valence-corrected chi connectivity index (χ0v) is 11.8. The van der Waals surface area contributed by atoms with Gasteiger partial charge in [0.25, 0.3) is 0 Å². The first-order chi connectivity index (χ1) is 8.58. The highest BCUT2D eigenvalue weighted by molar-refractivity contribution is 8.13. The predicted molar refractivity (Wildman–Crippen MR) is 83.6 cm³/mol. The molecule has 0 aliphatic rings. The summed E-state index contributed by atoms with van der Waals surface area (Å²) in [7, 11) is 0. The zero-order valence-electron chi connectivity index (χ0n) is 10.2. The van der Waals surface area contributed by atoms with Gasteiger partial charge < -0.3 is 11.1 Å². The molecule has 0 amide bonds. The Bertz CT molecular complexity index is 458. The molecule has 0 saturated heterocycles. The number of thiocarbonyl (C=S) groups is 1. The topological polar surface area (TPSA) is 55.1 Å². The second kappa shape index (κ2) is 7.89. The third-order valence-corrected chi connectivity index (χ3v) is 3.00. The van der Waals surface area contributed by atoms with Gasteiger partial charge in [0, 0.05) is 18.4 Å². The number of allylic oxidation sites excluding steroid dienone is 1. The lowest BCUT2D eigenvalue weighted by Crippen LogP contribution is -2.18. The van der Waals surface area contributed by atoms with Crippen molar-refractivity contribution < 1.29 is 4.79 Å². The minimum absolute atomic E-state index is 0.158. The maximum Gasteiger partial charge on any atom is 0.185 e. The van der Waals surface area contributed by atoms with E-state index in [9.17, 15) is 4.79 Å². The Balaban J connectivity index is 2.48. The first-order valence-corrected chi connectivity index (χ1v) is 6.94. The lowest BCUT2D eigenvalue weighted by molar-refractivity contribution is -0.109. The highest BCUT2D eigenvalue weighted by Gasteiger charge is 1.94. The van der Waals surface area contributed by atoms with E-state index in [0.717, 1.165) is 23.4 Å². The summed E-state index contributed by atoms with van der Waals surface area (Å²) in [5, 5.41) is 3.30. The number of hydrogen-bond donors (Lipinski definition) is 2. The van der Waals surface area contributed by atoms with Crippen LogP contribution in [0.15, 0.2) is 30.3 Å². The van der Waals surface area contributed by atoms with Gasteiger partial charge in [0.1, 0.15) is 0 Å². The normalized spacial score (nSPS) is 10.5. The van der Waals surface area contributed by atoms with E-state index in [1.165, 1.54) is 11.8 Å². The molecule has 0 aliphatic carbocycles. The summed E-state index contributed by atoms with van der Waals surface area (Å²) < 4.78 is 0. The third-order valence-electron chi connectivity index (χ3n) is 2.05. The van der Waals surface area contributed by atoms with E-state index < -0.39 is 0 Å². The molecule has 18 heavy (non-hydrogen) atoms. The summed E-state index contributed by atoms with van der Waals surface area (Å²) in [5.41, 5.74) is 7.36. The number of hydrogen-bond acceptors (Lipinski definition) is 3. The molecule has 0 radical (unpaired) electrons. The summed E-state index contributed by atoms with van der Waals surface area (Å²) in [6.07, 6.45) is 4.94. The van der Waals surface area contributed by atoms with Crippen LogP contribution in [0.5, 0.6) is 0 Å². The van der Waals surface area contributed by atoms with Crippen molar-refractivity contribution in [2.75, 3.05) is 11.1 Å². The molecular weight excluding hydrogens is 264 g/mol. The van der Waals surface area contributed by atoms with Crippen LogP contribution in [0.1, 0.15) is 18.9 Å². The van der Waals surface area contributed by atoms with Crippen molar-refractivity contribution >= 4 is 46.0 Å². The fraction of sp³-hybridized carbons (Fsp3) is 0.231. The maximum atomic E-state index is 10.7. The Labute approximate surface area is 117 Å². The van der Waals surface area contributed by atoms with Crippen LogP contribution < -0.4 is 11.1 Å². The number of anilines is 1. The second-order valence-electron chi connectivity index (χ2n) is 3.65. The molecule has 5 heteroatoms. The number of nitrogens with two attached hydrogens (primary N) is 1. The molecule has 0 saturated carbocycles. The van der Waals surface area contributed by atoms with Crippen LogP contribution in [0.25, 0.3) is 6.08 Å². The molecule has 0 spiro atoms. The predicted octanol–water partition coefficient (Wildman–Crippen LogP) is 3.03. The van der Waals surface area contributed by atoms with Gasteiger partial charge in [0.15, 0.2) is 10.2 Å². The van der Waals surface area contributed by atoms with Gasteiger partial charge in [-0.2, -0.15) is 0 Å². The molecule has 0 atom stereocenters. The molecule has 0 heterocycles. The summed E-state index contributed by atoms with van der Waals surface area (Å²) in [5.74, 6) is 0.816. The molecule has 0 aliphatic heterocycles. The molecule has 3 nitrogen and oxygen atoms in total. The van der Waals surface area contributed by atoms with Crippen molar-refractivity contribution in [1.82, 2.24) is 0 Å². The summed E-state index contributed by atoms with van der Waals surface area (Å²) in [4.78, 5) is 10.7. The van der Waals surface area contributed by atoms with Gasteiger partial charge >= 0.3 is 0 Å². The van der Waals surface area contributed by atoms with Crippen LogP contribution in [0, 0.1) is 0 Å². The summed E-state index contributed by atoms with van der Waals surface area (Å²) >= 11 is 6.12. The van der Waals surface area contributed by atoms with Crippen molar-refractivity contribution in [3.63, 3.8) is 0 Å². The molecule has 0 aromatic heterocycles. The van der Waals surface area contributed by atoms with Crippen molar-refractivity contribution in [3.8, 4) is 0 Å². The standard InChI is InChI=1S/C13H16N2OS2/c1-10(16)18-8-3-2-5-11-6-4-7-12(9-11)15-13(14)17/h2,4-7,9H,3,8H2,1H3,(H3,14,15,17). The fourth-order valence-corrected chi connectivity index (χ4v) is 2.01. The van der Waals surface area contributed by atoms with Gasteiger partial charge in [-0.1, -0.05) is 36.0 Å². The van der Waals surface area contributed by atoms with Gasteiger partial charge in [-0.3, -0.25) is 4.79 Å². The SMILES string of the molecule is CC(=O)SCCC=Cc1cccc(NC(N)=S)c1. The lowest BCUT2D eigenvalue weighted by Gasteiger charge is -2.04. The van der Waals surface area contributed by atoms with Crippen LogP contribution in [0.2, 0.25) is 0 Å². The Morgan fingerprint density at radius 1 is 1.56 bits per heavy atom. The molecular formula is C13H16N2OS2. The van der Waals surface area contributed by atoms with E-state index in [-0.39, 0.29) is 10.2 Å². The smallest absolute Gasteiger partial charge is 0.185 e. The Morgan fingerprint density at radius 3 is 3.00 bits per heavy atom. The van der Waals surface area contributed by atoms with Crippen LogP contribution in [0.3, 0.4) is 0 Å². The van der Waals surface area contributed by atoms with E-state index in [1.807, 2.05) is 30.3 Å². The molecule has 1 aromatic rings. The first-order valence-electron chi connectivity index (χ1n) is 5.54. The van der Waals surface area contributed by atoms with Crippen LogP contribution in [0.4, 0.5) is 5.69 Å². The van der Waals surface area contributed by atoms with Gasteiger partial charge in [-0.25, -0.2) is 0 Å². The fourth-order valence-electron chi connectivity index (χ4n) is 1.35. The molecule has 1 aromatic carbocycles. The quantitative estimate of drug-likeness (QED) is 0.641. The highest BCUT2D eigenvalue weighted by Crippen LogP contribution is 2.12. The number of thioether (sulfide) groups is 1. The van der Waals surface area contributed by atoms with Crippen LogP contribution in [-0.2, 0) is 4.79 Å². The number of nitrogens with one attached hydrogen (secondary N) is 1. The van der Waals surface area contributed by atoms with E-state index >= 15 is 0 Å². The van der Waals surface area contributed by atoms with Crippen molar-refractivity contribution in [3.05, 3.63) is 35.9 Å².